The van der Waals surface area contributed by atoms with Gasteiger partial charge < -0.3 is 16.0 Å². The Balaban J connectivity index is 1.44. The van der Waals surface area contributed by atoms with E-state index in [2.05, 4.69) is 16.0 Å². The van der Waals surface area contributed by atoms with Gasteiger partial charge in [0, 0.05) is 12.1 Å². The summed E-state index contributed by atoms with van der Waals surface area (Å²) in [5.74, 6) is -1.53. The molecule has 190 valence electrons. The molecule has 3 N–H and O–H groups in total. The van der Waals surface area contributed by atoms with Gasteiger partial charge in [-0.1, -0.05) is 78.4 Å². The Bertz CT molecular complexity index is 1320. The van der Waals surface area contributed by atoms with Crippen LogP contribution in [0.2, 0.25) is 0 Å². The third kappa shape index (κ3) is 5.53. The number of urea groups is 1. The predicted molar refractivity (Wildman–Crippen MR) is 141 cm³/mol. The molecule has 1 heterocycles. The number of imide groups is 1. The smallest absolute Gasteiger partial charge is 0.325 e. The first-order valence-electron chi connectivity index (χ1n) is 12.1. The van der Waals surface area contributed by atoms with Crippen molar-refractivity contribution in [2.75, 3.05) is 18.4 Å². The van der Waals surface area contributed by atoms with E-state index in [4.69, 9.17) is 0 Å². The summed E-state index contributed by atoms with van der Waals surface area (Å²) in [5, 5.41) is 8.16. The molecule has 8 heteroatoms. The van der Waals surface area contributed by atoms with Crippen molar-refractivity contribution in [1.82, 2.24) is 15.5 Å². The topological polar surface area (TPSA) is 108 Å². The number of carbonyl (C=O) groups is 4. The number of hydrogen-bond donors (Lipinski definition) is 3. The van der Waals surface area contributed by atoms with Gasteiger partial charge in [0.1, 0.15) is 6.54 Å². The minimum Gasteiger partial charge on any atom is -0.345 e. The number of nitrogens with one attached hydrogen (secondary N) is 3. The second kappa shape index (κ2) is 10.7. The summed E-state index contributed by atoms with van der Waals surface area (Å²) in [6.45, 7) is 5.00. The molecule has 0 aromatic heterocycles. The van der Waals surface area contributed by atoms with Gasteiger partial charge in [0.15, 0.2) is 5.54 Å². The number of anilines is 1. The first kappa shape index (κ1) is 25.6. The maximum Gasteiger partial charge on any atom is 0.325 e. The largest absolute Gasteiger partial charge is 0.345 e. The quantitative estimate of drug-likeness (QED) is 0.414. The molecular weight excluding hydrogens is 468 g/mol. The van der Waals surface area contributed by atoms with Gasteiger partial charge in [-0.2, -0.15) is 0 Å². The molecule has 37 heavy (non-hydrogen) atoms. The van der Waals surface area contributed by atoms with Crippen LogP contribution in [0.15, 0.2) is 72.8 Å². The van der Waals surface area contributed by atoms with E-state index in [0.29, 0.717) is 11.3 Å². The van der Waals surface area contributed by atoms with Crippen molar-refractivity contribution in [2.45, 2.75) is 32.7 Å². The lowest BCUT2D eigenvalue weighted by Crippen LogP contribution is -2.47. The van der Waals surface area contributed by atoms with Crippen LogP contribution in [-0.4, -0.2) is 41.7 Å². The van der Waals surface area contributed by atoms with Crippen LogP contribution in [0.25, 0.3) is 0 Å². The van der Waals surface area contributed by atoms with Crippen molar-refractivity contribution in [3.05, 3.63) is 101 Å². The lowest BCUT2D eigenvalue weighted by atomic mass is 9.83. The van der Waals surface area contributed by atoms with Crippen molar-refractivity contribution in [3.63, 3.8) is 0 Å². The van der Waals surface area contributed by atoms with E-state index < -0.39 is 35.8 Å². The van der Waals surface area contributed by atoms with E-state index in [9.17, 15) is 19.2 Å². The number of hydrogen-bond acceptors (Lipinski definition) is 4. The van der Waals surface area contributed by atoms with Crippen molar-refractivity contribution >= 4 is 29.4 Å². The van der Waals surface area contributed by atoms with E-state index in [1.54, 1.807) is 24.3 Å². The molecule has 3 aromatic carbocycles. The standard InChI is InChI=1S/C29H30N4O4/c1-19-14-20(2)26(21(3)15-19)31-24(34)17-30-25(35)18-33-27(36)29(32-28(33)37,23-12-8-5-9-13-23)16-22-10-6-4-7-11-22/h4-15H,16-18H2,1-3H3,(H,30,35)(H,31,34)(H,32,37)/t29-/m1/s1. The second-order valence-corrected chi connectivity index (χ2v) is 9.35. The highest BCUT2D eigenvalue weighted by Crippen LogP contribution is 2.33. The number of rotatable bonds is 8. The summed E-state index contributed by atoms with van der Waals surface area (Å²) >= 11 is 0. The Hall–Kier alpha value is -4.46. The number of benzene rings is 3. The molecule has 3 aromatic rings. The molecule has 1 aliphatic rings. The minimum atomic E-state index is -1.34. The summed E-state index contributed by atoms with van der Waals surface area (Å²) in [7, 11) is 0. The van der Waals surface area contributed by atoms with Gasteiger partial charge in [-0.25, -0.2) is 4.79 Å². The SMILES string of the molecule is Cc1cc(C)c(NC(=O)CNC(=O)CN2C(=O)N[C@](Cc3ccccc3)(c3ccccc3)C2=O)c(C)c1. The Kier molecular flexibility index (Phi) is 7.38. The first-order chi connectivity index (χ1) is 17.7. The van der Waals surface area contributed by atoms with E-state index in [1.807, 2.05) is 69.3 Å². The van der Waals surface area contributed by atoms with Crippen LogP contribution < -0.4 is 16.0 Å². The van der Waals surface area contributed by atoms with E-state index in [-0.39, 0.29) is 13.0 Å². The first-order valence-corrected chi connectivity index (χ1v) is 12.1. The van der Waals surface area contributed by atoms with Gasteiger partial charge >= 0.3 is 6.03 Å². The molecule has 5 amide bonds. The molecule has 0 spiro atoms. The normalized spacial score (nSPS) is 16.9. The van der Waals surface area contributed by atoms with Crippen LogP contribution in [0, 0.1) is 20.8 Å². The van der Waals surface area contributed by atoms with Gasteiger partial charge in [0.05, 0.1) is 6.54 Å². The van der Waals surface area contributed by atoms with Crippen LogP contribution in [0.3, 0.4) is 0 Å². The Morgan fingerprint density at radius 2 is 1.46 bits per heavy atom. The highest BCUT2D eigenvalue weighted by molar-refractivity contribution is 6.09. The van der Waals surface area contributed by atoms with Crippen LogP contribution in [0.4, 0.5) is 10.5 Å². The van der Waals surface area contributed by atoms with Crippen molar-refractivity contribution in [2.24, 2.45) is 0 Å². The summed E-state index contributed by atoms with van der Waals surface area (Å²) in [5.41, 5.74) is 3.80. The van der Waals surface area contributed by atoms with E-state index in [1.165, 1.54) is 0 Å². The Morgan fingerprint density at radius 1 is 0.865 bits per heavy atom. The average Bonchev–Trinajstić information content (AvgIpc) is 3.11. The average molecular weight is 499 g/mol. The fraction of sp³-hybridized carbons (Fsp3) is 0.241. The minimum absolute atomic E-state index is 0.234. The molecule has 0 bridgehead atoms. The number of aryl methyl sites for hydroxylation is 3. The lowest BCUT2D eigenvalue weighted by molar-refractivity contribution is -0.135. The van der Waals surface area contributed by atoms with Crippen LogP contribution >= 0.6 is 0 Å². The maximum absolute atomic E-state index is 13.6. The fourth-order valence-electron chi connectivity index (χ4n) is 4.75. The molecule has 8 nitrogen and oxygen atoms in total. The summed E-state index contributed by atoms with van der Waals surface area (Å²) < 4.78 is 0. The second-order valence-electron chi connectivity index (χ2n) is 9.35. The highest BCUT2D eigenvalue weighted by atomic mass is 16.2. The Morgan fingerprint density at radius 3 is 2.08 bits per heavy atom. The fourth-order valence-corrected chi connectivity index (χ4v) is 4.75. The van der Waals surface area contributed by atoms with Crippen LogP contribution in [0.1, 0.15) is 27.8 Å². The van der Waals surface area contributed by atoms with Gasteiger partial charge in [-0.15, -0.1) is 0 Å². The monoisotopic (exact) mass is 498 g/mol. The molecule has 1 atom stereocenters. The van der Waals surface area contributed by atoms with Crippen molar-refractivity contribution in [3.8, 4) is 0 Å². The molecule has 1 aliphatic heterocycles. The van der Waals surface area contributed by atoms with Gasteiger partial charge in [0.2, 0.25) is 11.8 Å². The molecule has 0 saturated carbocycles. The van der Waals surface area contributed by atoms with E-state index in [0.717, 1.165) is 27.2 Å². The zero-order chi connectivity index (χ0) is 26.6. The Labute approximate surface area is 216 Å². The van der Waals surface area contributed by atoms with Gasteiger partial charge in [0.25, 0.3) is 5.91 Å². The molecule has 0 aliphatic carbocycles. The number of carbonyl (C=O) groups excluding carboxylic acids is 4. The third-order valence-corrected chi connectivity index (χ3v) is 6.44. The molecule has 1 saturated heterocycles. The van der Waals surface area contributed by atoms with E-state index >= 15 is 0 Å². The zero-order valence-corrected chi connectivity index (χ0v) is 21.1. The van der Waals surface area contributed by atoms with Crippen molar-refractivity contribution in [1.29, 1.82) is 0 Å². The van der Waals surface area contributed by atoms with Gasteiger partial charge in [-0.3, -0.25) is 19.3 Å². The molecule has 0 radical (unpaired) electrons. The lowest BCUT2D eigenvalue weighted by Gasteiger charge is -2.27. The molecule has 4 rings (SSSR count). The van der Waals surface area contributed by atoms with Gasteiger partial charge in [-0.05, 0) is 43.0 Å². The van der Waals surface area contributed by atoms with Crippen LogP contribution in [-0.2, 0) is 26.3 Å². The third-order valence-electron chi connectivity index (χ3n) is 6.44. The number of nitrogens with zero attached hydrogens (tertiary/aromatic N) is 1. The summed E-state index contributed by atoms with van der Waals surface area (Å²) in [6, 6.07) is 21.6. The molecule has 1 fully saturated rings. The highest BCUT2D eigenvalue weighted by Gasteiger charge is 2.52. The van der Waals surface area contributed by atoms with Crippen LogP contribution in [0.5, 0.6) is 0 Å². The zero-order valence-electron chi connectivity index (χ0n) is 21.1. The predicted octanol–water partition coefficient (Wildman–Crippen LogP) is 3.36. The summed E-state index contributed by atoms with van der Waals surface area (Å²) in [4.78, 5) is 52.6. The maximum atomic E-state index is 13.6. The summed E-state index contributed by atoms with van der Waals surface area (Å²) in [6.07, 6.45) is 0.234. The number of amides is 5. The molecular formula is C29H30N4O4. The molecule has 0 unspecified atom stereocenters. The van der Waals surface area contributed by atoms with Crippen molar-refractivity contribution < 1.29 is 19.2 Å².